The molecular weight excluding hydrogens is 290 g/mol. The summed E-state index contributed by atoms with van der Waals surface area (Å²) in [5.41, 5.74) is 0.997. The van der Waals surface area contributed by atoms with Gasteiger partial charge in [-0.15, -0.1) is 0 Å². The normalized spacial score (nSPS) is 19.2. The van der Waals surface area contributed by atoms with Crippen LogP contribution in [0.3, 0.4) is 0 Å². The Hall–Kier alpha value is -1.56. The van der Waals surface area contributed by atoms with Gasteiger partial charge in [-0.05, 0) is 23.5 Å². The molecule has 5 nitrogen and oxygen atoms in total. The second-order valence-corrected chi connectivity index (χ2v) is 8.61. The van der Waals surface area contributed by atoms with E-state index in [1.165, 1.54) is 4.31 Å². The lowest BCUT2D eigenvalue weighted by molar-refractivity contribution is -0.141. The minimum absolute atomic E-state index is 0.00472. The summed E-state index contributed by atoms with van der Waals surface area (Å²) in [6.07, 6.45) is 0.368. The van der Waals surface area contributed by atoms with Crippen LogP contribution in [0, 0.1) is 11.3 Å². The Morgan fingerprint density at radius 3 is 2.52 bits per heavy atom. The first-order chi connectivity index (χ1) is 9.60. The minimum atomic E-state index is -3.55. The van der Waals surface area contributed by atoms with E-state index in [1.807, 2.05) is 20.8 Å². The number of carbonyl (C=O) groups is 1. The molecule has 0 aliphatic carbocycles. The maximum atomic E-state index is 12.7. The number of aliphatic carboxylic acids is 1. The highest BCUT2D eigenvalue weighted by molar-refractivity contribution is 7.92. The van der Waals surface area contributed by atoms with E-state index in [-0.39, 0.29) is 17.7 Å². The van der Waals surface area contributed by atoms with Gasteiger partial charge in [-0.25, -0.2) is 8.42 Å². The molecule has 1 heterocycles. The smallest absolute Gasteiger partial charge is 0.308 e. The van der Waals surface area contributed by atoms with Crippen molar-refractivity contribution in [2.24, 2.45) is 11.3 Å². The number of anilines is 1. The Labute approximate surface area is 125 Å². The van der Waals surface area contributed by atoms with E-state index in [4.69, 9.17) is 0 Å². The predicted molar refractivity (Wildman–Crippen MR) is 81.9 cm³/mol. The van der Waals surface area contributed by atoms with Crippen molar-refractivity contribution in [2.75, 3.05) is 16.6 Å². The van der Waals surface area contributed by atoms with Gasteiger partial charge >= 0.3 is 5.97 Å². The summed E-state index contributed by atoms with van der Waals surface area (Å²) in [4.78, 5) is 11.3. The van der Waals surface area contributed by atoms with Crippen molar-refractivity contribution in [1.29, 1.82) is 0 Å². The van der Waals surface area contributed by atoms with Crippen molar-refractivity contribution in [2.45, 2.75) is 27.2 Å². The molecule has 0 radical (unpaired) electrons. The third-order valence-corrected chi connectivity index (χ3v) is 5.66. The Kier molecular flexibility index (Phi) is 4.02. The van der Waals surface area contributed by atoms with E-state index in [2.05, 4.69) is 0 Å². The Morgan fingerprint density at radius 2 is 1.95 bits per heavy atom. The number of rotatable bonds is 3. The van der Waals surface area contributed by atoms with Crippen LogP contribution in [0.5, 0.6) is 0 Å². The highest BCUT2D eigenvalue weighted by Gasteiger charge is 2.36. The largest absolute Gasteiger partial charge is 0.481 e. The van der Waals surface area contributed by atoms with Crippen molar-refractivity contribution in [3.63, 3.8) is 0 Å². The molecule has 1 aromatic carbocycles. The lowest BCUT2D eigenvalue weighted by Gasteiger charge is -2.35. The number of nitrogens with zero attached hydrogens (tertiary/aromatic N) is 1. The van der Waals surface area contributed by atoms with Gasteiger partial charge in [-0.2, -0.15) is 0 Å². The minimum Gasteiger partial charge on any atom is -0.481 e. The first kappa shape index (κ1) is 15.8. The molecule has 0 fully saturated rings. The molecule has 1 N–H and O–H groups in total. The van der Waals surface area contributed by atoms with Crippen molar-refractivity contribution in [1.82, 2.24) is 0 Å². The number of hydrogen-bond acceptors (Lipinski definition) is 3. The van der Waals surface area contributed by atoms with Crippen molar-refractivity contribution >= 4 is 21.7 Å². The number of benzene rings is 1. The number of para-hydroxylation sites is 1. The van der Waals surface area contributed by atoms with Gasteiger partial charge in [0.05, 0.1) is 17.4 Å². The summed E-state index contributed by atoms with van der Waals surface area (Å²) < 4.78 is 26.6. The monoisotopic (exact) mass is 311 g/mol. The first-order valence-corrected chi connectivity index (χ1v) is 8.52. The lowest BCUT2D eigenvalue weighted by atomic mass is 9.94. The molecule has 0 bridgehead atoms. The van der Waals surface area contributed by atoms with E-state index in [9.17, 15) is 18.3 Å². The second-order valence-electron chi connectivity index (χ2n) is 6.72. The summed E-state index contributed by atoms with van der Waals surface area (Å²) >= 11 is 0. The average molecular weight is 311 g/mol. The molecule has 116 valence electrons. The van der Waals surface area contributed by atoms with E-state index in [0.29, 0.717) is 12.1 Å². The number of fused-ring (bicyclic) bond motifs is 1. The number of sulfonamides is 1. The fourth-order valence-corrected chi connectivity index (χ4v) is 4.74. The molecule has 0 aromatic heterocycles. The highest BCUT2D eigenvalue weighted by Crippen LogP contribution is 2.33. The first-order valence-electron chi connectivity index (χ1n) is 6.91. The van der Waals surface area contributed by atoms with Crippen LogP contribution in [0.1, 0.15) is 26.3 Å². The maximum Gasteiger partial charge on any atom is 0.308 e. The SMILES string of the molecule is CC(C)(C)CS(=O)(=O)N1CC(C(=O)O)Cc2ccccc21. The molecule has 1 atom stereocenters. The van der Waals surface area contributed by atoms with Gasteiger partial charge in [-0.1, -0.05) is 39.0 Å². The molecule has 0 amide bonds. The fraction of sp³-hybridized carbons (Fsp3) is 0.533. The third kappa shape index (κ3) is 3.56. The van der Waals surface area contributed by atoms with E-state index in [0.717, 1.165) is 5.56 Å². The summed E-state index contributed by atoms with van der Waals surface area (Å²) in [5, 5.41) is 9.26. The molecule has 1 unspecified atom stereocenters. The molecule has 6 heteroatoms. The maximum absolute atomic E-state index is 12.7. The summed E-state index contributed by atoms with van der Waals surface area (Å²) in [6, 6.07) is 7.12. The zero-order valence-corrected chi connectivity index (χ0v) is 13.4. The number of hydrogen-bond donors (Lipinski definition) is 1. The van der Waals surface area contributed by atoms with Gasteiger partial charge in [-0.3, -0.25) is 9.10 Å². The Morgan fingerprint density at radius 1 is 1.33 bits per heavy atom. The van der Waals surface area contributed by atoms with Crippen LogP contribution in [-0.4, -0.2) is 31.8 Å². The van der Waals surface area contributed by atoms with Gasteiger partial charge in [0.15, 0.2) is 0 Å². The van der Waals surface area contributed by atoms with Crippen molar-refractivity contribution < 1.29 is 18.3 Å². The van der Waals surface area contributed by atoms with Crippen LogP contribution in [0.15, 0.2) is 24.3 Å². The number of carboxylic acid groups (broad SMARTS) is 1. The van der Waals surface area contributed by atoms with Gasteiger partial charge in [0.1, 0.15) is 0 Å². The van der Waals surface area contributed by atoms with E-state index >= 15 is 0 Å². The van der Waals surface area contributed by atoms with Crippen LogP contribution >= 0.6 is 0 Å². The summed E-state index contributed by atoms with van der Waals surface area (Å²) in [6.45, 7) is 5.57. The third-order valence-electron chi connectivity index (χ3n) is 3.41. The summed E-state index contributed by atoms with van der Waals surface area (Å²) in [7, 11) is -3.55. The van der Waals surface area contributed by atoms with Gasteiger partial charge in [0.2, 0.25) is 10.0 Å². The highest BCUT2D eigenvalue weighted by atomic mass is 32.2. The van der Waals surface area contributed by atoms with Gasteiger partial charge in [0.25, 0.3) is 0 Å². The van der Waals surface area contributed by atoms with Crippen LogP contribution in [0.2, 0.25) is 0 Å². The Balaban J connectivity index is 2.44. The molecule has 0 spiro atoms. The lowest BCUT2D eigenvalue weighted by Crippen LogP contribution is -2.45. The van der Waals surface area contributed by atoms with Crippen LogP contribution < -0.4 is 4.31 Å². The zero-order valence-electron chi connectivity index (χ0n) is 12.5. The van der Waals surface area contributed by atoms with Gasteiger partial charge in [0, 0.05) is 6.54 Å². The standard InChI is InChI=1S/C15H21NO4S/c1-15(2,3)10-21(19,20)16-9-12(14(17)18)8-11-6-4-5-7-13(11)16/h4-7,12H,8-10H2,1-3H3,(H,17,18). The number of carboxylic acids is 1. The van der Waals surface area contributed by atoms with Crippen LogP contribution in [-0.2, 0) is 21.2 Å². The van der Waals surface area contributed by atoms with E-state index in [1.54, 1.807) is 24.3 Å². The molecular formula is C15H21NO4S. The van der Waals surface area contributed by atoms with E-state index < -0.39 is 21.9 Å². The van der Waals surface area contributed by atoms with Gasteiger partial charge < -0.3 is 5.11 Å². The van der Waals surface area contributed by atoms with Crippen molar-refractivity contribution in [3.05, 3.63) is 29.8 Å². The molecule has 1 aliphatic heterocycles. The molecule has 1 aliphatic rings. The molecule has 21 heavy (non-hydrogen) atoms. The topological polar surface area (TPSA) is 74.7 Å². The molecule has 0 saturated carbocycles. The van der Waals surface area contributed by atoms with Crippen LogP contribution in [0.4, 0.5) is 5.69 Å². The summed E-state index contributed by atoms with van der Waals surface area (Å²) in [5.74, 6) is -1.67. The second kappa shape index (κ2) is 5.33. The molecule has 0 saturated heterocycles. The molecule has 1 aromatic rings. The average Bonchev–Trinajstić information content (AvgIpc) is 2.34. The molecule has 2 rings (SSSR count). The predicted octanol–water partition coefficient (Wildman–Crippen LogP) is 2.13. The quantitative estimate of drug-likeness (QED) is 0.928. The van der Waals surface area contributed by atoms with Crippen LogP contribution in [0.25, 0.3) is 0 Å². The van der Waals surface area contributed by atoms with Crippen molar-refractivity contribution in [3.8, 4) is 0 Å². The zero-order chi connectivity index (χ0) is 15.8. The fourth-order valence-electron chi connectivity index (χ4n) is 2.61. The Bertz CT molecular complexity index is 646.